The van der Waals surface area contributed by atoms with Crippen LogP contribution in [-0.4, -0.2) is 36.5 Å². The van der Waals surface area contributed by atoms with Crippen LogP contribution < -0.4 is 0 Å². The zero-order valence-electron chi connectivity index (χ0n) is 15.1. The molecule has 2 heterocycles. The van der Waals surface area contributed by atoms with Gasteiger partial charge in [-0.3, -0.25) is 4.79 Å². The molecule has 0 aliphatic carbocycles. The van der Waals surface area contributed by atoms with E-state index in [0.717, 1.165) is 32.5 Å². The van der Waals surface area contributed by atoms with Gasteiger partial charge in [-0.25, -0.2) is 0 Å². The smallest absolute Gasteiger partial charge is 0.303 e. The lowest BCUT2D eigenvalue weighted by atomic mass is 9.78. The van der Waals surface area contributed by atoms with Gasteiger partial charge in [0.05, 0.1) is 18.8 Å². The first kappa shape index (κ1) is 19.5. The number of carboxylic acid groups (broad SMARTS) is 1. The van der Waals surface area contributed by atoms with Crippen molar-refractivity contribution >= 4 is 5.97 Å². The van der Waals surface area contributed by atoms with Crippen LogP contribution in [0.5, 0.6) is 0 Å². The predicted octanol–water partition coefficient (Wildman–Crippen LogP) is 4.58. The Bertz CT molecular complexity index is 393. The summed E-state index contributed by atoms with van der Waals surface area (Å²) in [5.41, 5.74) is 0. The van der Waals surface area contributed by atoms with Crippen molar-refractivity contribution in [1.29, 1.82) is 0 Å². The maximum Gasteiger partial charge on any atom is 0.303 e. The molecule has 2 saturated heterocycles. The second kappa shape index (κ2) is 10.9. The lowest BCUT2D eigenvalue weighted by Crippen LogP contribution is -2.30. The van der Waals surface area contributed by atoms with Crippen LogP contribution in [0.3, 0.4) is 0 Å². The van der Waals surface area contributed by atoms with E-state index in [1.807, 2.05) is 0 Å². The fourth-order valence-corrected chi connectivity index (χ4v) is 4.02. The van der Waals surface area contributed by atoms with Crippen molar-refractivity contribution in [2.75, 3.05) is 13.2 Å². The zero-order valence-corrected chi connectivity index (χ0v) is 15.1. The summed E-state index contributed by atoms with van der Waals surface area (Å²) in [6.07, 6.45) is 15.4. The molecule has 24 heavy (non-hydrogen) atoms. The number of aliphatic carboxylic acids is 1. The summed E-state index contributed by atoms with van der Waals surface area (Å²) in [5, 5.41) is 8.64. The molecule has 0 radical (unpaired) electrons. The molecule has 0 unspecified atom stereocenters. The minimum atomic E-state index is -0.707. The molecular weight excluding hydrogens is 304 g/mol. The Balaban J connectivity index is 1.65. The molecular formula is C20H34O4. The highest BCUT2D eigenvalue weighted by Crippen LogP contribution is 2.45. The summed E-state index contributed by atoms with van der Waals surface area (Å²) < 4.78 is 12.1. The molecule has 4 nitrogen and oxygen atoms in total. The molecule has 2 aliphatic heterocycles. The molecule has 0 aromatic heterocycles. The monoisotopic (exact) mass is 338 g/mol. The van der Waals surface area contributed by atoms with E-state index in [2.05, 4.69) is 19.1 Å². The average Bonchev–Trinajstić information content (AvgIpc) is 3.15. The maximum absolute atomic E-state index is 10.5. The minimum absolute atomic E-state index is 0.260. The van der Waals surface area contributed by atoms with Crippen molar-refractivity contribution in [2.24, 2.45) is 11.8 Å². The average molecular weight is 338 g/mol. The molecule has 0 aromatic rings. The van der Waals surface area contributed by atoms with Gasteiger partial charge in [0.2, 0.25) is 0 Å². The van der Waals surface area contributed by atoms with Crippen molar-refractivity contribution in [1.82, 2.24) is 0 Å². The van der Waals surface area contributed by atoms with Gasteiger partial charge < -0.3 is 14.6 Å². The van der Waals surface area contributed by atoms with Crippen LogP contribution in [0.1, 0.15) is 71.1 Å². The number of carbonyl (C=O) groups is 1. The van der Waals surface area contributed by atoms with Gasteiger partial charge in [-0.15, -0.1) is 0 Å². The first-order valence-electron chi connectivity index (χ1n) is 9.82. The van der Waals surface area contributed by atoms with Gasteiger partial charge in [0.1, 0.15) is 0 Å². The molecule has 2 bridgehead atoms. The molecule has 0 spiro atoms. The SMILES string of the molecule is CCCCCCOC[C@H]1[C@@H](CC=CCCCC(=O)O)[C@@H]2CC[C@H]1O2. The van der Waals surface area contributed by atoms with Crippen molar-refractivity contribution in [2.45, 2.75) is 83.3 Å². The van der Waals surface area contributed by atoms with E-state index in [-0.39, 0.29) is 6.42 Å². The van der Waals surface area contributed by atoms with Crippen molar-refractivity contribution in [3.63, 3.8) is 0 Å². The highest BCUT2D eigenvalue weighted by atomic mass is 16.5. The Labute approximate surface area is 146 Å². The van der Waals surface area contributed by atoms with Crippen LogP contribution in [-0.2, 0) is 14.3 Å². The molecule has 2 rings (SSSR count). The third kappa shape index (κ3) is 6.21. The second-order valence-electron chi connectivity index (χ2n) is 7.25. The Hall–Kier alpha value is -0.870. The fraction of sp³-hybridized carbons (Fsp3) is 0.850. The quantitative estimate of drug-likeness (QED) is 0.394. The second-order valence-corrected chi connectivity index (χ2v) is 7.25. The summed E-state index contributed by atoms with van der Waals surface area (Å²) >= 11 is 0. The maximum atomic E-state index is 10.5. The first-order valence-corrected chi connectivity index (χ1v) is 9.82. The largest absolute Gasteiger partial charge is 0.481 e. The lowest BCUT2D eigenvalue weighted by Gasteiger charge is -2.27. The predicted molar refractivity (Wildman–Crippen MR) is 95.1 cm³/mol. The lowest BCUT2D eigenvalue weighted by molar-refractivity contribution is -0.137. The minimum Gasteiger partial charge on any atom is -0.481 e. The standard InChI is InChI=1S/C20H34O4/c1-2-3-4-9-14-23-15-17-16(18-12-13-19(17)24-18)10-7-5-6-8-11-20(21)22/h5,7,16-19H,2-4,6,8-15H2,1H3,(H,21,22)/t16-,17+,18+,19-/m1/s1. The summed E-state index contributed by atoms with van der Waals surface area (Å²) in [6, 6.07) is 0. The van der Waals surface area contributed by atoms with Gasteiger partial charge in [0, 0.05) is 18.9 Å². The molecule has 0 saturated carbocycles. The molecule has 4 heteroatoms. The van der Waals surface area contributed by atoms with Crippen LogP contribution in [0.15, 0.2) is 12.2 Å². The van der Waals surface area contributed by atoms with E-state index >= 15 is 0 Å². The van der Waals surface area contributed by atoms with Crippen LogP contribution in [0.25, 0.3) is 0 Å². The van der Waals surface area contributed by atoms with Gasteiger partial charge in [-0.2, -0.15) is 0 Å². The van der Waals surface area contributed by atoms with Crippen molar-refractivity contribution in [3.8, 4) is 0 Å². The van der Waals surface area contributed by atoms with Gasteiger partial charge >= 0.3 is 5.97 Å². The molecule has 138 valence electrons. The van der Waals surface area contributed by atoms with E-state index in [1.165, 1.54) is 38.5 Å². The van der Waals surface area contributed by atoms with Crippen molar-refractivity contribution in [3.05, 3.63) is 12.2 Å². The van der Waals surface area contributed by atoms with Crippen LogP contribution >= 0.6 is 0 Å². The zero-order chi connectivity index (χ0) is 17.2. The molecule has 1 N–H and O–H groups in total. The van der Waals surface area contributed by atoms with Gasteiger partial charge in [0.15, 0.2) is 0 Å². The summed E-state index contributed by atoms with van der Waals surface area (Å²) in [7, 11) is 0. The Morgan fingerprint density at radius 2 is 1.92 bits per heavy atom. The third-order valence-electron chi connectivity index (χ3n) is 5.38. The van der Waals surface area contributed by atoms with Crippen LogP contribution in [0, 0.1) is 11.8 Å². The molecule has 2 fully saturated rings. The topological polar surface area (TPSA) is 55.8 Å². The van der Waals surface area contributed by atoms with Gasteiger partial charge in [-0.05, 0) is 44.4 Å². The number of unbranched alkanes of at least 4 members (excludes halogenated alkanes) is 4. The number of fused-ring (bicyclic) bond motifs is 2. The summed E-state index contributed by atoms with van der Waals surface area (Å²) in [4.78, 5) is 10.5. The fourth-order valence-electron chi connectivity index (χ4n) is 4.02. The Kier molecular flexibility index (Phi) is 8.82. The van der Waals surface area contributed by atoms with E-state index < -0.39 is 5.97 Å². The van der Waals surface area contributed by atoms with E-state index in [4.69, 9.17) is 14.6 Å². The molecule has 4 atom stereocenters. The van der Waals surface area contributed by atoms with Crippen LogP contribution in [0.4, 0.5) is 0 Å². The van der Waals surface area contributed by atoms with Gasteiger partial charge in [-0.1, -0.05) is 38.3 Å². The highest BCUT2D eigenvalue weighted by molar-refractivity contribution is 5.66. The third-order valence-corrected chi connectivity index (χ3v) is 5.38. The van der Waals surface area contributed by atoms with E-state index in [0.29, 0.717) is 24.0 Å². The number of hydrogen-bond donors (Lipinski definition) is 1. The Morgan fingerprint density at radius 3 is 2.67 bits per heavy atom. The number of rotatable bonds is 13. The summed E-state index contributed by atoms with van der Waals surface area (Å²) in [6.45, 7) is 3.95. The first-order chi connectivity index (χ1) is 11.7. The number of carboxylic acids is 1. The summed E-state index contributed by atoms with van der Waals surface area (Å²) in [5.74, 6) is 0.412. The molecule has 2 aliphatic rings. The molecule has 0 amide bonds. The number of hydrogen-bond acceptors (Lipinski definition) is 3. The van der Waals surface area contributed by atoms with Gasteiger partial charge in [0.25, 0.3) is 0 Å². The van der Waals surface area contributed by atoms with E-state index in [1.54, 1.807) is 0 Å². The van der Waals surface area contributed by atoms with E-state index in [9.17, 15) is 4.79 Å². The normalized spacial score (nSPS) is 28.9. The Morgan fingerprint density at radius 1 is 1.12 bits per heavy atom. The highest BCUT2D eigenvalue weighted by Gasteiger charge is 2.48. The molecule has 0 aromatic carbocycles. The van der Waals surface area contributed by atoms with Crippen molar-refractivity contribution < 1.29 is 19.4 Å². The number of allylic oxidation sites excluding steroid dienone is 2. The number of ether oxygens (including phenoxy) is 2. The van der Waals surface area contributed by atoms with Crippen LogP contribution in [0.2, 0.25) is 0 Å².